The quantitative estimate of drug-likeness (QED) is 0.339. The summed E-state index contributed by atoms with van der Waals surface area (Å²) in [5.74, 6) is 0. The summed E-state index contributed by atoms with van der Waals surface area (Å²) >= 11 is 1.80. The van der Waals surface area contributed by atoms with Gasteiger partial charge in [0, 0.05) is 20.6 Å². The number of fused-ring (bicyclic) bond motifs is 3. The Morgan fingerprint density at radius 2 is 1.19 bits per heavy atom. The van der Waals surface area contributed by atoms with Gasteiger partial charge < -0.3 is 4.90 Å². The molecule has 1 heterocycles. The Hall–Kier alpha value is -3.22. The Morgan fingerprint density at radius 3 is 1.85 bits per heavy atom. The van der Waals surface area contributed by atoms with Crippen LogP contribution in [0.15, 0.2) is 94.7 Å². The van der Waals surface area contributed by atoms with E-state index >= 15 is 0 Å². The lowest BCUT2D eigenvalue weighted by molar-refractivity contribution is 1.17. The number of benzene rings is 4. The van der Waals surface area contributed by atoms with Gasteiger partial charge in [0.05, 0.1) is 28.7 Å². The van der Waals surface area contributed by atoms with E-state index in [1.165, 1.54) is 21.2 Å². The van der Waals surface area contributed by atoms with Gasteiger partial charge in [-0.3, -0.25) is 0 Å². The van der Waals surface area contributed by atoms with Crippen molar-refractivity contribution in [3.8, 4) is 6.07 Å². The first kappa shape index (κ1) is 15.1. The minimum absolute atomic E-state index is 0.706. The first-order chi connectivity index (χ1) is 12.9. The standard InChI is InChI=1S/C23H14N2S/c24-15-16-13-14-19(18-8-2-1-7-17(16)18)25-20-9-3-5-11-22(20)26-23-12-6-4-10-21(23)25/h1-14H. The lowest BCUT2D eigenvalue weighted by Gasteiger charge is -2.33. The maximum Gasteiger partial charge on any atom is 0.0998 e. The number of rotatable bonds is 1. The number of nitrogens with zero attached hydrogens (tertiary/aromatic N) is 2. The Bertz CT molecular complexity index is 1140. The number of para-hydroxylation sites is 2. The lowest BCUT2D eigenvalue weighted by atomic mass is 10.0. The second kappa shape index (κ2) is 5.94. The van der Waals surface area contributed by atoms with Crippen molar-refractivity contribution in [1.29, 1.82) is 5.26 Å². The average molecular weight is 350 g/mol. The van der Waals surface area contributed by atoms with Gasteiger partial charge in [-0.1, -0.05) is 60.3 Å². The molecule has 4 aromatic rings. The molecule has 4 aromatic carbocycles. The number of anilines is 3. The molecule has 0 amide bonds. The molecule has 122 valence electrons. The number of hydrogen-bond donors (Lipinski definition) is 0. The lowest BCUT2D eigenvalue weighted by Crippen LogP contribution is -2.15. The normalized spacial score (nSPS) is 12.3. The summed E-state index contributed by atoms with van der Waals surface area (Å²) in [5.41, 5.74) is 4.15. The summed E-state index contributed by atoms with van der Waals surface area (Å²) in [5, 5.41) is 11.6. The Balaban J connectivity index is 1.85. The van der Waals surface area contributed by atoms with E-state index in [9.17, 15) is 5.26 Å². The molecule has 0 saturated heterocycles. The molecule has 26 heavy (non-hydrogen) atoms. The van der Waals surface area contributed by atoms with Gasteiger partial charge in [0.2, 0.25) is 0 Å². The Kier molecular flexibility index (Phi) is 3.44. The average Bonchev–Trinajstić information content (AvgIpc) is 2.71. The van der Waals surface area contributed by atoms with Crippen LogP contribution in [0.1, 0.15) is 5.56 Å². The number of nitriles is 1. The van der Waals surface area contributed by atoms with Gasteiger partial charge in [-0.2, -0.15) is 5.26 Å². The van der Waals surface area contributed by atoms with E-state index in [0.29, 0.717) is 5.56 Å². The van der Waals surface area contributed by atoms with Crippen molar-refractivity contribution in [3.63, 3.8) is 0 Å². The first-order valence-electron chi connectivity index (χ1n) is 8.45. The molecule has 2 nitrogen and oxygen atoms in total. The van der Waals surface area contributed by atoms with E-state index < -0.39 is 0 Å². The fourth-order valence-corrected chi connectivity index (χ4v) is 4.60. The summed E-state index contributed by atoms with van der Waals surface area (Å²) in [4.78, 5) is 4.78. The maximum atomic E-state index is 9.49. The van der Waals surface area contributed by atoms with Crippen LogP contribution in [-0.2, 0) is 0 Å². The van der Waals surface area contributed by atoms with Gasteiger partial charge in [0.1, 0.15) is 0 Å². The first-order valence-corrected chi connectivity index (χ1v) is 9.26. The van der Waals surface area contributed by atoms with Crippen molar-refractivity contribution in [3.05, 3.63) is 90.5 Å². The van der Waals surface area contributed by atoms with Crippen LogP contribution in [0.2, 0.25) is 0 Å². The molecular formula is C23H14N2S. The fraction of sp³-hybridized carbons (Fsp3) is 0. The van der Waals surface area contributed by atoms with Crippen LogP contribution in [0.25, 0.3) is 10.8 Å². The summed E-state index contributed by atoms with van der Waals surface area (Å²) in [6.45, 7) is 0. The minimum atomic E-state index is 0.706. The van der Waals surface area contributed by atoms with Crippen molar-refractivity contribution < 1.29 is 0 Å². The molecule has 0 radical (unpaired) electrons. The molecule has 0 aliphatic carbocycles. The van der Waals surface area contributed by atoms with Crippen LogP contribution >= 0.6 is 11.8 Å². The molecule has 0 fully saturated rings. The molecular weight excluding hydrogens is 336 g/mol. The summed E-state index contributed by atoms with van der Waals surface area (Å²) in [6.07, 6.45) is 0. The highest BCUT2D eigenvalue weighted by Gasteiger charge is 2.25. The second-order valence-electron chi connectivity index (χ2n) is 6.16. The molecule has 3 heteroatoms. The van der Waals surface area contributed by atoms with Crippen molar-refractivity contribution in [2.75, 3.05) is 4.90 Å². The van der Waals surface area contributed by atoms with E-state index in [4.69, 9.17) is 0 Å². The molecule has 1 aliphatic rings. The zero-order valence-corrected chi connectivity index (χ0v) is 14.7. The molecule has 0 spiro atoms. The van der Waals surface area contributed by atoms with Crippen LogP contribution in [0.3, 0.4) is 0 Å². The second-order valence-corrected chi connectivity index (χ2v) is 7.25. The third-order valence-electron chi connectivity index (χ3n) is 4.69. The number of hydrogen-bond acceptors (Lipinski definition) is 3. The van der Waals surface area contributed by atoms with Crippen LogP contribution in [0.4, 0.5) is 17.1 Å². The van der Waals surface area contributed by atoms with Crippen molar-refractivity contribution in [2.45, 2.75) is 9.79 Å². The topological polar surface area (TPSA) is 27.0 Å². The molecule has 1 aliphatic heterocycles. The molecule has 0 unspecified atom stereocenters. The van der Waals surface area contributed by atoms with E-state index in [0.717, 1.165) is 16.5 Å². The van der Waals surface area contributed by atoms with Crippen molar-refractivity contribution in [2.24, 2.45) is 0 Å². The van der Waals surface area contributed by atoms with Gasteiger partial charge in [0.15, 0.2) is 0 Å². The minimum Gasteiger partial charge on any atom is -0.308 e. The highest BCUT2D eigenvalue weighted by molar-refractivity contribution is 7.99. The van der Waals surface area contributed by atoms with E-state index in [2.05, 4.69) is 71.6 Å². The summed E-state index contributed by atoms with van der Waals surface area (Å²) in [7, 11) is 0. The monoisotopic (exact) mass is 350 g/mol. The molecule has 0 bridgehead atoms. The Morgan fingerprint density at radius 1 is 0.615 bits per heavy atom. The van der Waals surface area contributed by atoms with Crippen LogP contribution in [0.5, 0.6) is 0 Å². The van der Waals surface area contributed by atoms with Crippen LogP contribution in [-0.4, -0.2) is 0 Å². The van der Waals surface area contributed by atoms with Crippen LogP contribution in [0, 0.1) is 11.3 Å². The summed E-state index contributed by atoms with van der Waals surface area (Å²) < 4.78 is 0. The largest absolute Gasteiger partial charge is 0.308 e. The summed E-state index contributed by atoms with van der Waals surface area (Å²) in [6, 6.07) is 31.4. The van der Waals surface area contributed by atoms with Gasteiger partial charge in [0.25, 0.3) is 0 Å². The highest BCUT2D eigenvalue weighted by atomic mass is 32.2. The molecule has 0 saturated carbocycles. The van der Waals surface area contributed by atoms with Gasteiger partial charge in [-0.15, -0.1) is 0 Å². The van der Waals surface area contributed by atoms with E-state index in [-0.39, 0.29) is 0 Å². The van der Waals surface area contributed by atoms with Crippen LogP contribution < -0.4 is 4.90 Å². The molecule has 0 atom stereocenters. The van der Waals surface area contributed by atoms with E-state index in [1.54, 1.807) is 11.8 Å². The SMILES string of the molecule is N#Cc1ccc(N2c3ccccc3Sc3ccccc32)c2ccccc12. The van der Waals surface area contributed by atoms with Crippen molar-refractivity contribution >= 4 is 39.6 Å². The van der Waals surface area contributed by atoms with Gasteiger partial charge >= 0.3 is 0 Å². The maximum absolute atomic E-state index is 9.49. The van der Waals surface area contributed by atoms with E-state index in [1.807, 2.05) is 24.3 Å². The fourth-order valence-electron chi connectivity index (χ4n) is 3.54. The third-order valence-corrected chi connectivity index (χ3v) is 5.82. The molecule has 0 aromatic heterocycles. The van der Waals surface area contributed by atoms with Gasteiger partial charge in [-0.05, 0) is 36.4 Å². The zero-order chi connectivity index (χ0) is 17.5. The third kappa shape index (κ3) is 2.20. The predicted molar refractivity (Wildman–Crippen MR) is 107 cm³/mol. The predicted octanol–water partition coefficient (Wildman–Crippen LogP) is 6.65. The van der Waals surface area contributed by atoms with Gasteiger partial charge in [-0.25, -0.2) is 0 Å². The highest BCUT2D eigenvalue weighted by Crippen LogP contribution is 2.52. The Labute approximate surface area is 156 Å². The smallest absolute Gasteiger partial charge is 0.0998 e. The van der Waals surface area contributed by atoms with Crippen molar-refractivity contribution in [1.82, 2.24) is 0 Å². The molecule has 0 N–H and O–H groups in total. The zero-order valence-electron chi connectivity index (χ0n) is 13.9. The molecule has 5 rings (SSSR count).